The van der Waals surface area contributed by atoms with Crippen LogP contribution in [0.15, 0.2) is 52.3 Å². The Morgan fingerprint density at radius 3 is 2.60 bits per heavy atom. The molecular weight excluding hydrogens is 420 g/mol. The third-order valence-corrected chi connectivity index (χ3v) is 6.34. The molecule has 4 nitrogen and oxygen atoms in total. The number of fused-ring (bicyclic) bond motifs is 1. The van der Waals surface area contributed by atoms with E-state index in [2.05, 4.69) is 20.9 Å². The minimum atomic E-state index is -1.03. The zero-order chi connectivity index (χ0) is 17.6. The Morgan fingerprint density at radius 1 is 1.20 bits per heavy atom. The topological polar surface area (TPSA) is 76.2 Å². The average molecular weight is 431 g/mol. The van der Waals surface area contributed by atoms with E-state index in [-0.39, 0.29) is 10.6 Å². The summed E-state index contributed by atoms with van der Waals surface area (Å²) in [7, 11) is 0. The maximum atomic E-state index is 11.5. The van der Waals surface area contributed by atoms with Gasteiger partial charge in [0.2, 0.25) is 0 Å². The fourth-order valence-corrected chi connectivity index (χ4v) is 4.65. The lowest BCUT2D eigenvalue weighted by Gasteiger charge is -2.07. The number of carboxylic acid groups (broad SMARTS) is 1. The van der Waals surface area contributed by atoms with Crippen LogP contribution in [0.2, 0.25) is 0 Å². The van der Waals surface area contributed by atoms with Crippen LogP contribution in [0.3, 0.4) is 0 Å². The molecule has 4 aromatic rings. The summed E-state index contributed by atoms with van der Waals surface area (Å²) in [6.07, 6.45) is 0. The Morgan fingerprint density at radius 2 is 1.96 bits per heavy atom. The number of anilines is 1. The molecule has 0 saturated carbocycles. The number of aromatic nitrogens is 1. The van der Waals surface area contributed by atoms with E-state index in [1.807, 2.05) is 47.8 Å². The van der Waals surface area contributed by atoms with Gasteiger partial charge in [-0.25, -0.2) is 9.78 Å². The zero-order valence-corrected chi connectivity index (χ0v) is 15.9. The quantitative estimate of drug-likeness (QED) is 0.434. The molecule has 0 amide bonds. The van der Waals surface area contributed by atoms with Crippen molar-refractivity contribution in [2.24, 2.45) is 0 Å². The maximum Gasteiger partial charge on any atom is 0.348 e. The van der Waals surface area contributed by atoms with Crippen LogP contribution in [0, 0.1) is 0 Å². The molecule has 3 heterocycles. The number of carboxylic acids is 1. The highest BCUT2D eigenvalue weighted by Crippen LogP contribution is 2.42. The second-order valence-electron chi connectivity index (χ2n) is 5.37. The summed E-state index contributed by atoms with van der Waals surface area (Å²) in [5.41, 5.74) is 9.10. The molecule has 1 aromatic carbocycles. The van der Waals surface area contributed by atoms with Crippen LogP contribution in [0.5, 0.6) is 0 Å². The van der Waals surface area contributed by atoms with Gasteiger partial charge in [0, 0.05) is 25.9 Å². The van der Waals surface area contributed by atoms with Crippen LogP contribution in [-0.2, 0) is 0 Å². The van der Waals surface area contributed by atoms with Crippen molar-refractivity contribution in [1.29, 1.82) is 0 Å². The molecule has 0 aliphatic heterocycles. The van der Waals surface area contributed by atoms with E-state index >= 15 is 0 Å². The molecule has 0 unspecified atom stereocenters. The van der Waals surface area contributed by atoms with E-state index in [1.165, 1.54) is 0 Å². The Hall–Kier alpha value is -2.22. The summed E-state index contributed by atoms with van der Waals surface area (Å²) < 4.78 is 0.990. The molecule has 3 N–H and O–H groups in total. The first-order valence-corrected chi connectivity index (χ1v) is 9.79. The molecule has 0 radical (unpaired) electrons. The molecular formula is C18H11BrN2O2S2. The number of aromatic carboxylic acids is 1. The standard InChI is InChI=1S/C18H11BrN2O2S2/c19-10-5-3-9(4-6-10)12-8-11(13-2-1-7-24-13)14-15(20)16(18(22)23)25-17(14)21-12/h1-8H,20H2,(H,22,23). The van der Waals surface area contributed by atoms with Crippen LogP contribution in [-0.4, -0.2) is 16.1 Å². The van der Waals surface area contributed by atoms with Gasteiger partial charge in [-0.2, -0.15) is 0 Å². The summed E-state index contributed by atoms with van der Waals surface area (Å²) in [6, 6.07) is 13.8. The van der Waals surface area contributed by atoms with E-state index in [9.17, 15) is 9.90 Å². The predicted octanol–water partition coefficient (Wildman–Crippen LogP) is 5.73. The first kappa shape index (κ1) is 16.3. The minimum Gasteiger partial charge on any atom is -0.477 e. The Bertz CT molecular complexity index is 1090. The molecule has 0 bridgehead atoms. The summed E-state index contributed by atoms with van der Waals surface area (Å²) in [6.45, 7) is 0. The van der Waals surface area contributed by atoms with Gasteiger partial charge >= 0.3 is 5.97 Å². The smallest absolute Gasteiger partial charge is 0.348 e. The second kappa shape index (κ2) is 6.25. The van der Waals surface area contributed by atoms with Crippen LogP contribution in [0.4, 0.5) is 5.69 Å². The Kier molecular flexibility index (Phi) is 4.07. The average Bonchev–Trinajstić information content (AvgIpc) is 3.23. The van der Waals surface area contributed by atoms with Crippen LogP contribution < -0.4 is 5.73 Å². The SMILES string of the molecule is Nc1c(C(=O)O)sc2nc(-c3ccc(Br)cc3)cc(-c3cccs3)c12. The van der Waals surface area contributed by atoms with E-state index in [0.29, 0.717) is 10.2 Å². The van der Waals surface area contributed by atoms with Crippen molar-refractivity contribution in [3.63, 3.8) is 0 Å². The van der Waals surface area contributed by atoms with Gasteiger partial charge in [0.1, 0.15) is 9.71 Å². The van der Waals surface area contributed by atoms with Crippen molar-refractivity contribution < 1.29 is 9.90 Å². The third-order valence-electron chi connectivity index (χ3n) is 3.82. The van der Waals surface area contributed by atoms with Crippen molar-refractivity contribution in [3.05, 3.63) is 57.2 Å². The molecule has 0 saturated heterocycles. The monoisotopic (exact) mass is 430 g/mol. The van der Waals surface area contributed by atoms with Crippen molar-refractivity contribution >= 4 is 60.5 Å². The van der Waals surface area contributed by atoms with Gasteiger partial charge in [-0.1, -0.05) is 34.1 Å². The number of thiophene rings is 2. The third kappa shape index (κ3) is 2.84. The van der Waals surface area contributed by atoms with E-state index < -0.39 is 5.97 Å². The molecule has 0 aliphatic rings. The molecule has 4 rings (SSSR count). The predicted molar refractivity (Wildman–Crippen MR) is 107 cm³/mol. The summed E-state index contributed by atoms with van der Waals surface area (Å²) in [5, 5.41) is 12.1. The first-order chi connectivity index (χ1) is 12.0. The van der Waals surface area contributed by atoms with Gasteiger partial charge in [0.25, 0.3) is 0 Å². The molecule has 0 fully saturated rings. The van der Waals surface area contributed by atoms with Crippen molar-refractivity contribution in [2.45, 2.75) is 0 Å². The van der Waals surface area contributed by atoms with Gasteiger partial charge in [0.15, 0.2) is 0 Å². The minimum absolute atomic E-state index is 0.133. The number of rotatable bonds is 3. The maximum absolute atomic E-state index is 11.5. The number of nitrogens with zero attached hydrogens (tertiary/aromatic N) is 1. The van der Waals surface area contributed by atoms with E-state index in [1.54, 1.807) is 11.3 Å². The highest BCUT2D eigenvalue weighted by molar-refractivity contribution is 9.10. The second-order valence-corrected chi connectivity index (χ2v) is 8.23. The van der Waals surface area contributed by atoms with Gasteiger partial charge in [-0.05, 0) is 29.6 Å². The highest BCUT2D eigenvalue weighted by Gasteiger charge is 2.21. The first-order valence-electron chi connectivity index (χ1n) is 7.30. The summed E-state index contributed by atoms with van der Waals surface area (Å²) in [5.74, 6) is -1.03. The van der Waals surface area contributed by atoms with Crippen molar-refractivity contribution in [1.82, 2.24) is 4.98 Å². The Labute approximate surface area is 159 Å². The number of halogens is 1. The van der Waals surface area contributed by atoms with Gasteiger partial charge < -0.3 is 10.8 Å². The van der Waals surface area contributed by atoms with Crippen LogP contribution in [0.1, 0.15) is 9.67 Å². The number of benzene rings is 1. The van der Waals surface area contributed by atoms with E-state index in [4.69, 9.17) is 5.73 Å². The Balaban J connectivity index is 2.04. The number of nitrogen functional groups attached to an aromatic ring is 1. The summed E-state index contributed by atoms with van der Waals surface area (Å²) >= 11 is 6.14. The number of hydrogen-bond acceptors (Lipinski definition) is 5. The van der Waals surface area contributed by atoms with Crippen LogP contribution in [0.25, 0.3) is 31.9 Å². The molecule has 3 aromatic heterocycles. The lowest BCUT2D eigenvalue weighted by atomic mass is 10.0. The molecule has 0 atom stereocenters. The summed E-state index contributed by atoms with van der Waals surface area (Å²) in [4.78, 5) is 18.0. The molecule has 124 valence electrons. The molecule has 0 spiro atoms. The lowest BCUT2D eigenvalue weighted by molar-refractivity contribution is 0.0703. The normalized spacial score (nSPS) is 11.1. The molecule has 0 aliphatic carbocycles. The number of hydrogen-bond donors (Lipinski definition) is 2. The highest BCUT2D eigenvalue weighted by atomic mass is 79.9. The van der Waals surface area contributed by atoms with Crippen molar-refractivity contribution in [3.8, 4) is 21.7 Å². The van der Waals surface area contributed by atoms with Gasteiger partial charge in [0.05, 0.1) is 11.4 Å². The largest absolute Gasteiger partial charge is 0.477 e. The van der Waals surface area contributed by atoms with E-state index in [0.717, 1.165) is 37.5 Å². The fraction of sp³-hybridized carbons (Fsp3) is 0. The lowest BCUT2D eigenvalue weighted by Crippen LogP contribution is -1.97. The van der Waals surface area contributed by atoms with Crippen LogP contribution >= 0.6 is 38.6 Å². The number of pyridine rings is 1. The van der Waals surface area contributed by atoms with Gasteiger partial charge in [-0.15, -0.1) is 22.7 Å². The van der Waals surface area contributed by atoms with Crippen molar-refractivity contribution in [2.75, 3.05) is 5.73 Å². The molecule has 7 heteroatoms. The fourth-order valence-electron chi connectivity index (χ4n) is 2.67. The van der Waals surface area contributed by atoms with Gasteiger partial charge in [-0.3, -0.25) is 0 Å². The zero-order valence-electron chi connectivity index (χ0n) is 12.7. The number of carbonyl (C=O) groups is 1. The molecule has 25 heavy (non-hydrogen) atoms. The number of nitrogens with two attached hydrogens (primary N) is 1.